The Morgan fingerprint density at radius 1 is 1.28 bits per heavy atom. The van der Waals surface area contributed by atoms with Crippen LogP contribution in [0.15, 0.2) is 22.7 Å². The monoisotopic (exact) mass is 324 g/mol. The molecule has 18 heavy (non-hydrogen) atoms. The van der Waals surface area contributed by atoms with E-state index in [1.54, 1.807) is 0 Å². The zero-order valence-electron chi connectivity index (χ0n) is 10.2. The predicted octanol–water partition coefficient (Wildman–Crippen LogP) is 3.68. The lowest BCUT2D eigenvalue weighted by atomic mass is 10.1. The Morgan fingerprint density at radius 3 is 2.33 bits per heavy atom. The second-order valence-electron chi connectivity index (χ2n) is 5.40. The highest BCUT2D eigenvalue weighted by Gasteiger charge is 2.41. The van der Waals surface area contributed by atoms with E-state index in [-0.39, 0.29) is 0 Å². The van der Waals surface area contributed by atoms with Crippen LogP contribution in [0.1, 0.15) is 31.2 Å². The summed E-state index contributed by atoms with van der Waals surface area (Å²) in [4.78, 5) is 0.439. The molecule has 0 aromatic heterocycles. The zero-order valence-corrected chi connectivity index (χ0v) is 12.6. The maximum atomic E-state index is 5.66. The second-order valence-corrected chi connectivity index (χ2v) is 6.70. The number of hydrogen-bond donors (Lipinski definition) is 2. The number of benzene rings is 1. The average molecular weight is 325 g/mol. The fourth-order valence-electron chi connectivity index (χ4n) is 2.53. The van der Waals surface area contributed by atoms with Crippen molar-refractivity contribution in [1.82, 2.24) is 0 Å². The Balaban J connectivity index is 1.75. The van der Waals surface area contributed by atoms with Gasteiger partial charge in [0.1, 0.15) is 4.99 Å². The fourth-order valence-corrected chi connectivity index (χ4v) is 3.43. The molecule has 0 atom stereocenters. The summed E-state index contributed by atoms with van der Waals surface area (Å²) in [5.41, 5.74) is 7.74. The number of rotatable bonds is 5. The van der Waals surface area contributed by atoms with E-state index in [1.807, 2.05) is 6.07 Å². The maximum absolute atomic E-state index is 5.66. The van der Waals surface area contributed by atoms with Crippen LogP contribution < -0.4 is 11.1 Å². The van der Waals surface area contributed by atoms with E-state index in [9.17, 15) is 0 Å². The van der Waals surface area contributed by atoms with Gasteiger partial charge in [-0.05, 0) is 71.6 Å². The minimum absolute atomic E-state index is 0.439. The van der Waals surface area contributed by atoms with Crippen LogP contribution in [0, 0.1) is 11.8 Å². The molecule has 2 fully saturated rings. The van der Waals surface area contributed by atoms with Gasteiger partial charge >= 0.3 is 0 Å². The molecule has 0 unspecified atom stereocenters. The largest absolute Gasteiger partial charge is 0.389 e. The molecular weight excluding hydrogens is 308 g/mol. The van der Waals surface area contributed by atoms with E-state index in [1.165, 1.54) is 31.4 Å². The minimum atomic E-state index is 0.439. The number of halogens is 1. The summed E-state index contributed by atoms with van der Waals surface area (Å²) in [5.74, 6) is 1.79. The number of nitrogens with two attached hydrogens (primary N) is 1. The van der Waals surface area contributed by atoms with Crippen LogP contribution >= 0.6 is 28.1 Å². The van der Waals surface area contributed by atoms with E-state index in [0.29, 0.717) is 11.0 Å². The van der Waals surface area contributed by atoms with Crippen molar-refractivity contribution in [1.29, 1.82) is 0 Å². The first-order valence-electron chi connectivity index (χ1n) is 6.51. The first kappa shape index (κ1) is 12.4. The Labute approximate surface area is 121 Å². The van der Waals surface area contributed by atoms with Crippen molar-refractivity contribution in [2.45, 2.75) is 31.7 Å². The van der Waals surface area contributed by atoms with E-state index in [2.05, 4.69) is 33.4 Å². The quantitative estimate of drug-likeness (QED) is 0.811. The highest BCUT2D eigenvalue weighted by Crippen LogP contribution is 2.46. The topological polar surface area (TPSA) is 38.0 Å². The Morgan fingerprint density at radius 2 is 1.89 bits per heavy atom. The van der Waals surface area contributed by atoms with E-state index in [0.717, 1.165) is 21.9 Å². The van der Waals surface area contributed by atoms with Gasteiger partial charge in [-0.3, -0.25) is 0 Å². The molecule has 2 aliphatic rings. The van der Waals surface area contributed by atoms with Gasteiger partial charge in [0.25, 0.3) is 0 Å². The van der Waals surface area contributed by atoms with Crippen LogP contribution in [0.4, 0.5) is 5.69 Å². The molecule has 2 nitrogen and oxygen atoms in total. The smallest absolute Gasteiger partial charge is 0.105 e. The van der Waals surface area contributed by atoms with Crippen LogP contribution in [0.2, 0.25) is 0 Å². The van der Waals surface area contributed by atoms with Crippen molar-refractivity contribution in [3.05, 3.63) is 28.2 Å². The van der Waals surface area contributed by atoms with Crippen LogP contribution in [-0.4, -0.2) is 11.0 Å². The third-order valence-corrected chi connectivity index (χ3v) is 4.70. The maximum Gasteiger partial charge on any atom is 0.105 e. The van der Waals surface area contributed by atoms with Gasteiger partial charge in [0.05, 0.1) is 0 Å². The molecular formula is C14H17BrN2S. The van der Waals surface area contributed by atoms with E-state index >= 15 is 0 Å². The summed E-state index contributed by atoms with van der Waals surface area (Å²) in [6.45, 7) is 0. The molecule has 4 heteroatoms. The van der Waals surface area contributed by atoms with Crippen LogP contribution in [0.25, 0.3) is 0 Å². The first-order chi connectivity index (χ1) is 8.65. The highest BCUT2D eigenvalue weighted by molar-refractivity contribution is 9.10. The standard InChI is InChI=1S/C14H17BrN2S/c15-12-7-10(5-6-11(12)14(16)18)17-13(8-1-2-8)9-3-4-9/h5-9,13,17H,1-4H2,(H2,16,18). The number of nitrogens with one attached hydrogen (secondary N) is 1. The minimum Gasteiger partial charge on any atom is -0.389 e. The molecule has 0 bridgehead atoms. The normalized spacial score (nSPS) is 19.0. The summed E-state index contributed by atoms with van der Waals surface area (Å²) in [7, 11) is 0. The van der Waals surface area contributed by atoms with E-state index in [4.69, 9.17) is 18.0 Å². The molecule has 0 aliphatic heterocycles. The van der Waals surface area contributed by atoms with Crippen LogP contribution in [0.5, 0.6) is 0 Å². The third-order valence-electron chi connectivity index (χ3n) is 3.83. The lowest BCUT2D eigenvalue weighted by Gasteiger charge is -2.19. The number of hydrogen-bond acceptors (Lipinski definition) is 2. The van der Waals surface area contributed by atoms with Gasteiger partial charge < -0.3 is 11.1 Å². The summed E-state index contributed by atoms with van der Waals surface area (Å²) in [6.07, 6.45) is 5.56. The third kappa shape index (κ3) is 2.69. The summed E-state index contributed by atoms with van der Waals surface area (Å²) < 4.78 is 0.977. The second kappa shape index (κ2) is 4.82. The highest BCUT2D eigenvalue weighted by atomic mass is 79.9. The first-order valence-corrected chi connectivity index (χ1v) is 7.71. The van der Waals surface area contributed by atoms with Gasteiger partial charge in [-0.15, -0.1) is 0 Å². The summed E-state index contributed by atoms with van der Waals surface area (Å²) in [5, 5.41) is 3.70. The Hall–Kier alpha value is -0.610. The van der Waals surface area contributed by atoms with E-state index < -0.39 is 0 Å². The lowest BCUT2D eigenvalue weighted by Crippen LogP contribution is -2.24. The Kier molecular flexibility index (Phi) is 3.32. The van der Waals surface area contributed by atoms with Crippen LogP contribution in [-0.2, 0) is 0 Å². The molecule has 3 N–H and O–H groups in total. The molecule has 0 radical (unpaired) electrons. The molecule has 0 spiro atoms. The van der Waals surface area contributed by atoms with Crippen LogP contribution in [0.3, 0.4) is 0 Å². The van der Waals surface area contributed by atoms with Crippen molar-refractivity contribution < 1.29 is 0 Å². The molecule has 3 rings (SSSR count). The van der Waals surface area contributed by atoms with Gasteiger partial charge in [0.2, 0.25) is 0 Å². The van der Waals surface area contributed by atoms with Crippen molar-refractivity contribution in [3.8, 4) is 0 Å². The fraction of sp³-hybridized carbons (Fsp3) is 0.500. The molecule has 2 saturated carbocycles. The van der Waals surface area contributed by atoms with Crippen molar-refractivity contribution in [3.63, 3.8) is 0 Å². The van der Waals surface area contributed by atoms with Gasteiger partial charge in [-0.25, -0.2) is 0 Å². The van der Waals surface area contributed by atoms with Crippen molar-refractivity contribution >= 4 is 38.8 Å². The molecule has 1 aromatic rings. The summed E-state index contributed by atoms with van der Waals surface area (Å²) >= 11 is 8.55. The van der Waals surface area contributed by atoms with Gasteiger partial charge in [0, 0.05) is 21.8 Å². The number of anilines is 1. The Bertz CT molecular complexity index is 469. The van der Waals surface area contributed by atoms with Gasteiger partial charge in [-0.2, -0.15) is 0 Å². The molecule has 96 valence electrons. The van der Waals surface area contributed by atoms with Gasteiger partial charge in [0.15, 0.2) is 0 Å². The van der Waals surface area contributed by atoms with Crippen molar-refractivity contribution in [2.75, 3.05) is 5.32 Å². The molecule has 0 heterocycles. The predicted molar refractivity (Wildman–Crippen MR) is 82.9 cm³/mol. The molecule has 2 aliphatic carbocycles. The molecule has 0 amide bonds. The van der Waals surface area contributed by atoms with Gasteiger partial charge in [-0.1, -0.05) is 12.2 Å². The number of thiocarbonyl (C=S) groups is 1. The van der Waals surface area contributed by atoms with Crippen molar-refractivity contribution in [2.24, 2.45) is 17.6 Å². The zero-order chi connectivity index (χ0) is 12.7. The SMILES string of the molecule is NC(=S)c1ccc(NC(C2CC2)C2CC2)cc1Br. The molecule has 0 saturated heterocycles. The summed E-state index contributed by atoms with van der Waals surface area (Å²) in [6, 6.07) is 6.84. The lowest BCUT2D eigenvalue weighted by molar-refractivity contribution is 0.568. The molecule has 1 aromatic carbocycles. The average Bonchev–Trinajstić information content (AvgIpc) is 3.17.